The summed E-state index contributed by atoms with van der Waals surface area (Å²) in [5.41, 5.74) is 0.448. The van der Waals surface area contributed by atoms with E-state index < -0.39 is 0 Å². The van der Waals surface area contributed by atoms with Gasteiger partial charge in [0.15, 0.2) is 0 Å². The number of nitrogens with zero attached hydrogens (tertiary/aromatic N) is 2. The van der Waals surface area contributed by atoms with Gasteiger partial charge in [0, 0.05) is 18.7 Å². The Balaban J connectivity index is 2.57. The van der Waals surface area contributed by atoms with E-state index in [-0.39, 0.29) is 11.3 Å². The Morgan fingerprint density at radius 3 is 2.75 bits per heavy atom. The summed E-state index contributed by atoms with van der Waals surface area (Å²) < 4.78 is 1.68. The first-order valence-corrected chi connectivity index (χ1v) is 5.76. The van der Waals surface area contributed by atoms with Crippen LogP contribution in [0.15, 0.2) is 12.4 Å². The maximum Gasteiger partial charge on any atom is 0.230 e. The van der Waals surface area contributed by atoms with E-state index in [1.54, 1.807) is 17.1 Å². The fraction of sp³-hybridized carbons (Fsp3) is 0.667. The van der Waals surface area contributed by atoms with Crippen LogP contribution in [0.1, 0.15) is 40.0 Å². The van der Waals surface area contributed by atoms with Crippen molar-refractivity contribution in [3.05, 3.63) is 12.4 Å². The highest BCUT2D eigenvalue weighted by molar-refractivity contribution is 5.94. The van der Waals surface area contributed by atoms with Crippen molar-refractivity contribution >= 4 is 11.6 Å². The van der Waals surface area contributed by atoms with Gasteiger partial charge in [0.2, 0.25) is 5.91 Å². The zero-order chi connectivity index (χ0) is 12.2. The zero-order valence-electron chi connectivity index (χ0n) is 10.6. The maximum absolute atomic E-state index is 12.0. The highest BCUT2D eigenvalue weighted by atomic mass is 16.2. The number of anilines is 1. The summed E-state index contributed by atoms with van der Waals surface area (Å²) in [6.45, 7) is 6.10. The molecule has 0 aliphatic heterocycles. The van der Waals surface area contributed by atoms with Crippen molar-refractivity contribution in [1.29, 1.82) is 0 Å². The van der Waals surface area contributed by atoms with Crippen molar-refractivity contribution in [2.45, 2.75) is 40.0 Å². The van der Waals surface area contributed by atoms with Gasteiger partial charge in [0.25, 0.3) is 0 Å². The van der Waals surface area contributed by atoms with Crippen LogP contribution in [0.2, 0.25) is 0 Å². The van der Waals surface area contributed by atoms with Crippen molar-refractivity contribution in [1.82, 2.24) is 9.78 Å². The molecule has 0 radical (unpaired) electrons. The van der Waals surface area contributed by atoms with Gasteiger partial charge in [-0.25, -0.2) is 0 Å². The molecule has 0 spiro atoms. The van der Waals surface area contributed by atoms with E-state index in [4.69, 9.17) is 0 Å². The second kappa shape index (κ2) is 5.14. The SMILES string of the molecule is CCCCC(C)(C)C(=O)Nc1cnn(C)c1. The molecule has 0 bridgehead atoms. The van der Waals surface area contributed by atoms with Crippen LogP contribution in [0.3, 0.4) is 0 Å². The van der Waals surface area contributed by atoms with Crippen molar-refractivity contribution in [3.63, 3.8) is 0 Å². The zero-order valence-corrected chi connectivity index (χ0v) is 10.6. The molecule has 0 aliphatic carbocycles. The topological polar surface area (TPSA) is 46.9 Å². The third kappa shape index (κ3) is 3.36. The number of amides is 1. The van der Waals surface area contributed by atoms with Crippen LogP contribution in [0.25, 0.3) is 0 Å². The van der Waals surface area contributed by atoms with E-state index in [1.165, 1.54) is 0 Å². The molecule has 90 valence electrons. The van der Waals surface area contributed by atoms with Gasteiger partial charge < -0.3 is 5.32 Å². The van der Waals surface area contributed by atoms with E-state index in [1.807, 2.05) is 20.9 Å². The van der Waals surface area contributed by atoms with E-state index in [0.717, 1.165) is 24.9 Å². The quantitative estimate of drug-likeness (QED) is 0.834. The molecule has 0 aromatic carbocycles. The largest absolute Gasteiger partial charge is 0.323 e. The van der Waals surface area contributed by atoms with Crippen LogP contribution in [-0.4, -0.2) is 15.7 Å². The van der Waals surface area contributed by atoms with Crippen molar-refractivity contribution in [2.24, 2.45) is 12.5 Å². The summed E-state index contributed by atoms with van der Waals surface area (Å²) in [5, 5.41) is 6.91. The molecule has 1 heterocycles. The minimum Gasteiger partial charge on any atom is -0.323 e. The van der Waals surface area contributed by atoms with Gasteiger partial charge in [-0.2, -0.15) is 5.10 Å². The van der Waals surface area contributed by atoms with Crippen LogP contribution in [0, 0.1) is 5.41 Å². The molecule has 1 N–H and O–H groups in total. The Kier molecular flexibility index (Phi) is 4.10. The summed E-state index contributed by atoms with van der Waals surface area (Å²) in [5.74, 6) is 0.0638. The third-order valence-corrected chi connectivity index (χ3v) is 2.73. The number of aromatic nitrogens is 2. The smallest absolute Gasteiger partial charge is 0.230 e. The van der Waals surface area contributed by atoms with Gasteiger partial charge in [-0.05, 0) is 6.42 Å². The molecule has 4 nitrogen and oxygen atoms in total. The first-order valence-electron chi connectivity index (χ1n) is 5.76. The van der Waals surface area contributed by atoms with Gasteiger partial charge in [-0.1, -0.05) is 33.6 Å². The third-order valence-electron chi connectivity index (χ3n) is 2.73. The standard InChI is InChI=1S/C12H21N3O/c1-5-6-7-12(2,3)11(16)14-10-8-13-15(4)9-10/h8-9H,5-7H2,1-4H3,(H,14,16). The summed E-state index contributed by atoms with van der Waals surface area (Å²) >= 11 is 0. The monoisotopic (exact) mass is 223 g/mol. The Hall–Kier alpha value is -1.32. The maximum atomic E-state index is 12.0. The lowest BCUT2D eigenvalue weighted by Crippen LogP contribution is -2.30. The summed E-state index contributed by atoms with van der Waals surface area (Å²) in [7, 11) is 1.83. The van der Waals surface area contributed by atoms with Crippen LogP contribution in [-0.2, 0) is 11.8 Å². The highest BCUT2D eigenvalue weighted by Crippen LogP contribution is 2.25. The van der Waals surface area contributed by atoms with Crippen LogP contribution in [0.4, 0.5) is 5.69 Å². The fourth-order valence-corrected chi connectivity index (χ4v) is 1.52. The van der Waals surface area contributed by atoms with Crippen molar-refractivity contribution < 1.29 is 4.79 Å². The number of unbranched alkanes of at least 4 members (excludes halogenated alkanes) is 1. The normalized spacial score (nSPS) is 11.5. The predicted octanol–water partition coefficient (Wildman–Crippen LogP) is 2.58. The molecule has 1 aromatic heterocycles. The predicted molar refractivity (Wildman–Crippen MR) is 65.1 cm³/mol. The molecule has 4 heteroatoms. The molecule has 1 rings (SSSR count). The number of aryl methyl sites for hydroxylation is 1. The number of hydrogen-bond donors (Lipinski definition) is 1. The molecule has 0 aliphatic rings. The summed E-state index contributed by atoms with van der Waals surface area (Å²) in [6, 6.07) is 0. The lowest BCUT2D eigenvalue weighted by molar-refractivity contribution is -0.124. The average Bonchev–Trinajstić information content (AvgIpc) is 2.61. The molecular formula is C12H21N3O. The lowest BCUT2D eigenvalue weighted by atomic mass is 9.86. The molecule has 0 fully saturated rings. The van der Waals surface area contributed by atoms with E-state index in [2.05, 4.69) is 17.3 Å². The Morgan fingerprint density at radius 2 is 2.25 bits per heavy atom. The number of hydrogen-bond acceptors (Lipinski definition) is 2. The Bertz CT molecular complexity index is 355. The van der Waals surface area contributed by atoms with Crippen LogP contribution < -0.4 is 5.32 Å². The fourth-order valence-electron chi connectivity index (χ4n) is 1.52. The molecule has 0 saturated carbocycles. The van der Waals surface area contributed by atoms with Gasteiger partial charge >= 0.3 is 0 Å². The van der Waals surface area contributed by atoms with E-state index in [9.17, 15) is 4.79 Å². The Labute approximate surface area is 97.0 Å². The molecule has 0 atom stereocenters. The molecule has 0 saturated heterocycles. The van der Waals surface area contributed by atoms with E-state index >= 15 is 0 Å². The number of carbonyl (C=O) groups is 1. The summed E-state index contributed by atoms with van der Waals surface area (Å²) in [6.07, 6.45) is 6.56. The van der Waals surface area contributed by atoms with Gasteiger partial charge in [0.05, 0.1) is 11.9 Å². The molecule has 1 amide bonds. The van der Waals surface area contributed by atoms with Gasteiger partial charge in [-0.15, -0.1) is 0 Å². The highest BCUT2D eigenvalue weighted by Gasteiger charge is 2.26. The van der Waals surface area contributed by atoms with E-state index in [0.29, 0.717) is 0 Å². The second-order valence-electron chi connectivity index (χ2n) is 4.84. The van der Waals surface area contributed by atoms with Gasteiger partial charge in [-0.3, -0.25) is 9.48 Å². The first kappa shape index (κ1) is 12.7. The number of nitrogens with one attached hydrogen (secondary N) is 1. The Morgan fingerprint density at radius 1 is 1.56 bits per heavy atom. The van der Waals surface area contributed by atoms with Crippen LogP contribution in [0.5, 0.6) is 0 Å². The lowest BCUT2D eigenvalue weighted by Gasteiger charge is -2.22. The van der Waals surface area contributed by atoms with Crippen molar-refractivity contribution in [2.75, 3.05) is 5.32 Å². The second-order valence-corrected chi connectivity index (χ2v) is 4.84. The minimum atomic E-state index is -0.314. The number of rotatable bonds is 5. The van der Waals surface area contributed by atoms with Gasteiger partial charge in [0.1, 0.15) is 0 Å². The summed E-state index contributed by atoms with van der Waals surface area (Å²) in [4.78, 5) is 12.0. The average molecular weight is 223 g/mol. The first-order chi connectivity index (χ1) is 7.45. The molecule has 0 unspecified atom stereocenters. The number of carbonyl (C=O) groups excluding carboxylic acids is 1. The minimum absolute atomic E-state index is 0.0638. The van der Waals surface area contributed by atoms with Crippen molar-refractivity contribution in [3.8, 4) is 0 Å². The molecule has 16 heavy (non-hydrogen) atoms. The molecule has 1 aromatic rings. The molecular weight excluding hydrogens is 202 g/mol. The van der Waals surface area contributed by atoms with Crippen LogP contribution >= 0.6 is 0 Å².